The maximum Gasteiger partial charge on any atom is 0.290 e. The van der Waals surface area contributed by atoms with Crippen LogP contribution in [0.3, 0.4) is 0 Å². The number of rotatable bonds is 5. The number of sulfone groups is 1. The van der Waals surface area contributed by atoms with Gasteiger partial charge in [-0.3, -0.25) is 25.2 Å². The molecule has 2 heterocycles. The molecule has 10 heteroatoms. The summed E-state index contributed by atoms with van der Waals surface area (Å²) in [6, 6.07) is 6.67. The third-order valence-electron chi connectivity index (χ3n) is 4.74. The Bertz CT molecular complexity index is 1110. The third kappa shape index (κ3) is 5.00. The quantitative estimate of drug-likeness (QED) is 0.684. The second kappa shape index (κ2) is 8.32. The lowest BCUT2D eigenvalue weighted by Gasteiger charge is -2.13. The Kier molecular flexibility index (Phi) is 6.02. The monoisotopic (exact) mass is 420 g/mol. The van der Waals surface area contributed by atoms with Crippen LogP contribution in [0.4, 0.5) is 0 Å². The van der Waals surface area contributed by atoms with E-state index in [0.29, 0.717) is 23.7 Å². The summed E-state index contributed by atoms with van der Waals surface area (Å²) < 4.78 is 24.2. The first-order valence-electron chi connectivity index (χ1n) is 9.46. The van der Waals surface area contributed by atoms with E-state index in [4.69, 9.17) is 0 Å². The average molecular weight is 420 g/mol. The fourth-order valence-corrected chi connectivity index (χ4v) is 5.27. The van der Waals surface area contributed by atoms with Crippen molar-refractivity contribution in [3.63, 3.8) is 0 Å². The van der Waals surface area contributed by atoms with Crippen molar-refractivity contribution >= 4 is 32.4 Å². The lowest BCUT2D eigenvalue weighted by atomic mass is 10.1. The fourth-order valence-electron chi connectivity index (χ4n) is 3.40. The molecule has 0 saturated carbocycles. The summed E-state index contributed by atoms with van der Waals surface area (Å²) in [6.07, 6.45) is 0.455. The molecule has 1 atom stereocenters. The molecular formula is C19H24N4O5S. The van der Waals surface area contributed by atoms with E-state index in [0.717, 1.165) is 0 Å². The molecule has 1 aromatic carbocycles. The largest absolute Gasteiger partial charge is 0.290 e. The second-order valence-electron chi connectivity index (χ2n) is 7.75. The zero-order valence-electron chi connectivity index (χ0n) is 16.3. The molecule has 0 bridgehead atoms. The Morgan fingerprint density at radius 1 is 1.21 bits per heavy atom. The van der Waals surface area contributed by atoms with Gasteiger partial charge in [0.15, 0.2) is 15.5 Å². The van der Waals surface area contributed by atoms with Crippen molar-refractivity contribution in [1.29, 1.82) is 0 Å². The minimum Gasteiger partial charge on any atom is -0.273 e. The molecule has 2 amide bonds. The van der Waals surface area contributed by atoms with Crippen LogP contribution in [0.25, 0.3) is 10.8 Å². The lowest BCUT2D eigenvalue weighted by Crippen LogP contribution is -2.43. The van der Waals surface area contributed by atoms with Gasteiger partial charge in [0.05, 0.1) is 16.9 Å². The van der Waals surface area contributed by atoms with Crippen LogP contribution < -0.4 is 16.4 Å². The SMILES string of the molecule is CC(C)Cn1nc(C(=O)NNC(=O)C[C@H]2CCS(=O)(=O)C2)c2ccccc2c1=O. The van der Waals surface area contributed by atoms with E-state index in [1.54, 1.807) is 24.3 Å². The second-order valence-corrected chi connectivity index (χ2v) is 9.98. The van der Waals surface area contributed by atoms with Crippen LogP contribution in [-0.4, -0.2) is 41.5 Å². The van der Waals surface area contributed by atoms with E-state index in [9.17, 15) is 22.8 Å². The molecule has 2 N–H and O–H groups in total. The summed E-state index contributed by atoms with van der Waals surface area (Å²) >= 11 is 0. The molecule has 3 rings (SSSR count). The highest BCUT2D eigenvalue weighted by molar-refractivity contribution is 7.91. The van der Waals surface area contributed by atoms with Crippen LogP contribution in [0.2, 0.25) is 0 Å². The molecule has 0 aliphatic carbocycles. The molecule has 1 saturated heterocycles. The Hall–Kier alpha value is -2.75. The molecule has 1 fully saturated rings. The van der Waals surface area contributed by atoms with Gasteiger partial charge in [0, 0.05) is 18.4 Å². The Labute approximate surface area is 168 Å². The number of nitrogens with zero attached hydrogens (tertiary/aromatic N) is 2. The standard InChI is InChI=1S/C19H24N4O5S/c1-12(2)10-23-19(26)15-6-4-3-5-14(15)17(22-23)18(25)21-20-16(24)9-13-7-8-29(27,28)11-13/h3-6,12-13H,7-11H2,1-2H3,(H,20,24)(H,21,25)/t13-/m1/s1. The first-order chi connectivity index (χ1) is 13.7. The van der Waals surface area contributed by atoms with Gasteiger partial charge >= 0.3 is 0 Å². The van der Waals surface area contributed by atoms with Gasteiger partial charge in [-0.1, -0.05) is 32.0 Å². The Morgan fingerprint density at radius 3 is 2.52 bits per heavy atom. The number of aromatic nitrogens is 2. The highest BCUT2D eigenvalue weighted by atomic mass is 32.2. The summed E-state index contributed by atoms with van der Waals surface area (Å²) in [7, 11) is -3.07. The third-order valence-corrected chi connectivity index (χ3v) is 6.57. The zero-order chi connectivity index (χ0) is 21.2. The van der Waals surface area contributed by atoms with Crippen LogP contribution in [0.15, 0.2) is 29.1 Å². The van der Waals surface area contributed by atoms with E-state index in [-0.39, 0.29) is 41.0 Å². The molecule has 0 unspecified atom stereocenters. The predicted octanol–water partition coefficient (Wildman–Crippen LogP) is 0.638. The summed E-state index contributed by atoms with van der Waals surface area (Å²) in [6.45, 7) is 4.23. The van der Waals surface area contributed by atoms with Gasteiger partial charge < -0.3 is 0 Å². The van der Waals surface area contributed by atoms with Gasteiger partial charge in [-0.2, -0.15) is 5.10 Å². The maximum atomic E-state index is 12.7. The summed E-state index contributed by atoms with van der Waals surface area (Å²) in [5, 5.41) is 4.97. The average Bonchev–Trinajstić information content (AvgIpc) is 3.00. The molecule has 1 aliphatic heterocycles. The highest BCUT2D eigenvalue weighted by Crippen LogP contribution is 2.21. The van der Waals surface area contributed by atoms with Crippen LogP contribution in [-0.2, 0) is 21.2 Å². The van der Waals surface area contributed by atoms with Crippen LogP contribution in [0.1, 0.15) is 37.2 Å². The predicted molar refractivity (Wildman–Crippen MR) is 108 cm³/mol. The maximum absolute atomic E-state index is 12.7. The molecule has 29 heavy (non-hydrogen) atoms. The van der Waals surface area contributed by atoms with Crippen LogP contribution in [0, 0.1) is 11.8 Å². The fraction of sp³-hybridized carbons (Fsp3) is 0.474. The number of benzene rings is 1. The topological polar surface area (TPSA) is 127 Å². The van der Waals surface area contributed by atoms with Crippen LogP contribution >= 0.6 is 0 Å². The van der Waals surface area contributed by atoms with Crippen molar-refractivity contribution in [1.82, 2.24) is 20.6 Å². The molecule has 0 spiro atoms. The first kappa shape index (κ1) is 21.0. The zero-order valence-corrected chi connectivity index (χ0v) is 17.2. The molecule has 1 aliphatic rings. The van der Waals surface area contributed by atoms with E-state index >= 15 is 0 Å². The number of hydrogen-bond donors (Lipinski definition) is 2. The number of hydrazine groups is 1. The first-order valence-corrected chi connectivity index (χ1v) is 11.3. The summed E-state index contributed by atoms with van der Waals surface area (Å²) in [5.41, 5.74) is 4.39. The smallest absolute Gasteiger partial charge is 0.273 e. The van der Waals surface area contributed by atoms with Crippen molar-refractivity contribution in [2.45, 2.75) is 33.2 Å². The van der Waals surface area contributed by atoms with Gasteiger partial charge in [-0.05, 0) is 24.3 Å². The number of carbonyl (C=O) groups is 2. The van der Waals surface area contributed by atoms with Crippen molar-refractivity contribution in [2.75, 3.05) is 11.5 Å². The normalized spacial score (nSPS) is 18.1. The van der Waals surface area contributed by atoms with Crippen molar-refractivity contribution in [3.05, 3.63) is 40.3 Å². The van der Waals surface area contributed by atoms with Gasteiger partial charge in [0.1, 0.15) is 0 Å². The van der Waals surface area contributed by atoms with Crippen LogP contribution in [0.5, 0.6) is 0 Å². The van der Waals surface area contributed by atoms with E-state index in [1.165, 1.54) is 4.68 Å². The van der Waals surface area contributed by atoms with Gasteiger partial charge in [-0.25, -0.2) is 13.1 Å². The Balaban J connectivity index is 1.75. The minimum atomic E-state index is -3.07. The molecular weight excluding hydrogens is 396 g/mol. The van der Waals surface area contributed by atoms with Crippen molar-refractivity contribution < 1.29 is 18.0 Å². The van der Waals surface area contributed by atoms with E-state index in [2.05, 4.69) is 16.0 Å². The molecule has 0 radical (unpaired) electrons. The summed E-state index contributed by atoms with van der Waals surface area (Å²) in [5.74, 6) is -1.14. The van der Waals surface area contributed by atoms with Crippen molar-refractivity contribution in [2.24, 2.45) is 11.8 Å². The molecule has 156 valence electrons. The number of carbonyl (C=O) groups excluding carboxylic acids is 2. The molecule has 2 aromatic rings. The number of nitrogens with one attached hydrogen (secondary N) is 2. The van der Waals surface area contributed by atoms with Crippen molar-refractivity contribution in [3.8, 4) is 0 Å². The lowest BCUT2D eigenvalue weighted by molar-refractivity contribution is -0.122. The number of hydrogen-bond acceptors (Lipinski definition) is 6. The summed E-state index contributed by atoms with van der Waals surface area (Å²) in [4.78, 5) is 37.3. The highest BCUT2D eigenvalue weighted by Gasteiger charge is 2.29. The van der Waals surface area contributed by atoms with Gasteiger partial charge in [0.2, 0.25) is 5.91 Å². The van der Waals surface area contributed by atoms with Gasteiger partial charge in [0.25, 0.3) is 11.5 Å². The molecule has 1 aromatic heterocycles. The number of fused-ring (bicyclic) bond motifs is 1. The van der Waals surface area contributed by atoms with E-state index in [1.807, 2.05) is 13.8 Å². The number of amides is 2. The Morgan fingerprint density at radius 2 is 1.90 bits per heavy atom. The van der Waals surface area contributed by atoms with Gasteiger partial charge in [-0.15, -0.1) is 0 Å². The van der Waals surface area contributed by atoms with E-state index < -0.39 is 21.7 Å². The minimum absolute atomic E-state index is 0.0132. The molecule has 9 nitrogen and oxygen atoms in total.